The molecule has 7 heteroatoms. The summed E-state index contributed by atoms with van der Waals surface area (Å²) in [6.45, 7) is 9.09. The predicted octanol–water partition coefficient (Wildman–Crippen LogP) is 3.69. The van der Waals surface area contributed by atoms with Gasteiger partial charge >= 0.3 is 0 Å². The first-order valence-electron chi connectivity index (χ1n) is 11.9. The van der Waals surface area contributed by atoms with Gasteiger partial charge in [0.1, 0.15) is 12.4 Å². The maximum atomic E-state index is 13.3. The number of nitrogens with one attached hydrogen (secondary N) is 1. The molecule has 2 aromatic rings. The highest BCUT2D eigenvalue weighted by Crippen LogP contribution is 2.27. The number of methoxy groups -OCH3 is 1. The van der Waals surface area contributed by atoms with E-state index < -0.39 is 0 Å². The molecule has 3 atom stereocenters. The molecule has 0 bridgehead atoms. The Morgan fingerprint density at radius 3 is 2.56 bits per heavy atom. The van der Waals surface area contributed by atoms with Crippen LogP contribution in [0.2, 0.25) is 0 Å². The van der Waals surface area contributed by atoms with Crippen LogP contribution >= 0.6 is 0 Å². The highest BCUT2D eigenvalue weighted by Gasteiger charge is 2.28. The number of ether oxygens (including phenoxy) is 2. The van der Waals surface area contributed by atoms with E-state index >= 15 is 0 Å². The van der Waals surface area contributed by atoms with E-state index in [-0.39, 0.29) is 36.3 Å². The Balaban J connectivity index is 1.85. The van der Waals surface area contributed by atoms with E-state index in [9.17, 15) is 9.59 Å². The molecule has 2 amide bonds. The quantitative estimate of drug-likeness (QED) is 0.726. The molecular weight excluding hydrogens is 430 g/mol. The summed E-state index contributed by atoms with van der Waals surface area (Å²) in [6, 6.07) is 15.0. The maximum absolute atomic E-state index is 13.3. The molecule has 3 rings (SSSR count). The molecule has 0 fully saturated rings. The summed E-state index contributed by atoms with van der Waals surface area (Å²) < 4.78 is 11.9. The van der Waals surface area contributed by atoms with Crippen molar-refractivity contribution in [3.8, 4) is 5.75 Å². The molecule has 2 aromatic carbocycles. The molecule has 0 saturated carbocycles. The summed E-state index contributed by atoms with van der Waals surface area (Å²) in [5, 5.41) is 2.93. The zero-order valence-electron chi connectivity index (χ0n) is 20.9. The van der Waals surface area contributed by atoms with Gasteiger partial charge in [0, 0.05) is 45.0 Å². The maximum Gasteiger partial charge on any atom is 0.257 e. The number of anilines is 1. The number of fused-ring (bicyclic) bond motifs is 1. The number of amides is 2. The molecule has 1 heterocycles. The summed E-state index contributed by atoms with van der Waals surface area (Å²) in [5.41, 5.74) is 2.02. The fraction of sp³-hybridized carbons (Fsp3) is 0.481. The van der Waals surface area contributed by atoms with Crippen LogP contribution in [0.25, 0.3) is 0 Å². The average Bonchev–Trinajstić information content (AvgIpc) is 2.83. The van der Waals surface area contributed by atoms with Gasteiger partial charge in [-0.2, -0.15) is 0 Å². The van der Waals surface area contributed by atoms with Gasteiger partial charge in [0.15, 0.2) is 0 Å². The number of carbonyl (C=O) groups is 2. The van der Waals surface area contributed by atoms with E-state index in [1.54, 1.807) is 37.3 Å². The Morgan fingerprint density at radius 1 is 1.15 bits per heavy atom. The number of hydrogen-bond acceptors (Lipinski definition) is 5. The zero-order chi connectivity index (χ0) is 24.7. The topological polar surface area (TPSA) is 71.1 Å². The molecule has 0 saturated heterocycles. The predicted molar refractivity (Wildman–Crippen MR) is 134 cm³/mol. The molecule has 0 aliphatic carbocycles. The molecule has 184 valence electrons. The zero-order valence-corrected chi connectivity index (χ0v) is 20.9. The van der Waals surface area contributed by atoms with Crippen molar-refractivity contribution < 1.29 is 19.1 Å². The van der Waals surface area contributed by atoms with Crippen LogP contribution in [0.5, 0.6) is 5.75 Å². The van der Waals surface area contributed by atoms with Crippen LogP contribution in [0, 0.1) is 5.92 Å². The highest BCUT2D eigenvalue weighted by molar-refractivity contribution is 5.98. The van der Waals surface area contributed by atoms with Crippen molar-refractivity contribution in [1.29, 1.82) is 0 Å². The number of benzene rings is 2. The van der Waals surface area contributed by atoms with E-state index in [0.29, 0.717) is 30.2 Å². The van der Waals surface area contributed by atoms with Gasteiger partial charge < -0.3 is 19.7 Å². The van der Waals surface area contributed by atoms with Gasteiger partial charge in [0.05, 0.1) is 18.1 Å². The largest absolute Gasteiger partial charge is 0.491 e. The molecule has 34 heavy (non-hydrogen) atoms. The number of likely N-dealkylation sites (N-methyl/N-ethyl adjacent to an activating group) is 2. The van der Waals surface area contributed by atoms with Gasteiger partial charge in [-0.05, 0) is 37.1 Å². The Kier molecular flexibility index (Phi) is 9.07. The van der Waals surface area contributed by atoms with E-state index in [1.807, 2.05) is 30.3 Å². The van der Waals surface area contributed by atoms with Crippen molar-refractivity contribution in [3.05, 3.63) is 59.7 Å². The van der Waals surface area contributed by atoms with Gasteiger partial charge in [-0.15, -0.1) is 0 Å². The van der Waals surface area contributed by atoms with Gasteiger partial charge in [-0.1, -0.05) is 44.2 Å². The van der Waals surface area contributed by atoms with Crippen molar-refractivity contribution in [2.24, 2.45) is 5.92 Å². The molecule has 0 aromatic heterocycles. The molecule has 0 radical (unpaired) electrons. The Morgan fingerprint density at radius 2 is 1.88 bits per heavy atom. The molecule has 7 nitrogen and oxygen atoms in total. The monoisotopic (exact) mass is 467 g/mol. The SMILES string of the molecule is CCN1C[C@@H](C)[C@H](OC)CN(C)C(=O)c2ccc(NC(=O)Cc3ccccc3)cc2OC[C@H]1C. The van der Waals surface area contributed by atoms with E-state index in [4.69, 9.17) is 9.47 Å². The molecular formula is C27H37N3O4. The minimum Gasteiger partial charge on any atom is -0.491 e. The van der Waals surface area contributed by atoms with Crippen LogP contribution in [0.1, 0.15) is 36.7 Å². The van der Waals surface area contributed by atoms with Crippen molar-refractivity contribution in [1.82, 2.24) is 9.80 Å². The van der Waals surface area contributed by atoms with Gasteiger partial charge in [0.2, 0.25) is 5.91 Å². The second-order valence-electron chi connectivity index (χ2n) is 9.11. The fourth-order valence-electron chi connectivity index (χ4n) is 4.35. The van der Waals surface area contributed by atoms with Crippen LogP contribution in [0.15, 0.2) is 48.5 Å². The lowest BCUT2D eigenvalue weighted by atomic mass is 10.0. The summed E-state index contributed by atoms with van der Waals surface area (Å²) in [6.07, 6.45) is 0.204. The lowest BCUT2D eigenvalue weighted by Gasteiger charge is -2.35. The molecule has 1 aliphatic rings. The fourth-order valence-corrected chi connectivity index (χ4v) is 4.35. The smallest absolute Gasteiger partial charge is 0.257 e. The molecule has 1 aliphatic heterocycles. The van der Waals surface area contributed by atoms with Crippen LogP contribution in [-0.2, 0) is 16.0 Å². The molecule has 0 unspecified atom stereocenters. The van der Waals surface area contributed by atoms with E-state index in [2.05, 4.69) is 31.0 Å². The van der Waals surface area contributed by atoms with Crippen LogP contribution < -0.4 is 10.1 Å². The number of nitrogens with zero attached hydrogens (tertiary/aromatic N) is 2. The number of rotatable bonds is 5. The van der Waals surface area contributed by atoms with Gasteiger partial charge in [-0.3, -0.25) is 14.5 Å². The van der Waals surface area contributed by atoms with Crippen molar-refractivity contribution in [3.63, 3.8) is 0 Å². The van der Waals surface area contributed by atoms with Gasteiger partial charge in [-0.25, -0.2) is 0 Å². The van der Waals surface area contributed by atoms with E-state index in [0.717, 1.165) is 18.7 Å². The Hall–Kier alpha value is -2.90. The third kappa shape index (κ3) is 6.58. The van der Waals surface area contributed by atoms with Crippen molar-refractivity contribution in [2.45, 2.75) is 39.3 Å². The van der Waals surface area contributed by atoms with Crippen LogP contribution in [0.4, 0.5) is 5.69 Å². The van der Waals surface area contributed by atoms with Crippen LogP contribution in [-0.4, -0.2) is 74.2 Å². The lowest BCUT2D eigenvalue weighted by molar-refractivity contribution is -0.115. The summed E-state index contributed by atoms with van der Waals surface area (Å²) in [5.74, 6) is 0.473. The Labute approximate surface area is 203 Å². The number of carbonyl (C=O) groups excluding carboxylic acids is 2. The highest BCUT2D eigenvalue weighted by atomic mass is 16.5. The molecule has 1 N–H and O–H groups in total. The van der Waals surface area contributed by atoms with Crippen LogP contribution in [0.3, 0.4) is 0 Å². The second-order valence-corrected chi connectivity index (χ2v) is 9.11. The third-order valence-electron chi connectivity index (χ3n) is 6.47. The first-order chi connectivity index (χ1) is 16.3. The Bertz CT molecular complexity index is 966. The van der Waals surface area contributed by atoms with Crippen molar-refractivity contribution in [2.75, 3.05) is 45.7 Å². The second kappa shape index (κ2) is 12.0. The first-order valence-corrected chi connectivity index (χ1v) is 11.9. The van der Waals surface area contributed by atoms with Gasteiger partial charge in [0.25, 0.3) is 5.91 Å². The summed E-state index contributed by atoms with van der Waals surface area (Å²) >= 11 is 0. The molecule has 0 spiro atoms. The lowest BCUT2D eigenvalue weighted by Crippen LogP contribution is -2.46. The summed E-state index contributed by atoms with van der Waals surface area (Å²) in [4.78, 5) is 29.9. The van der Waals surface area contributed by atoms with E-state index in [1.165, 1.54) is 0 Å². The standard InChI is InChI=1S/C27H37N3O4/c1-6-30-16-19(2)25(33-5)17-29(4)27(32)23-13-12-22(15-24(23)34-18-20(30)3)28-26(31)14-21-10-8-7-9-11-21/h7-13,15,19-20,25H,6,14,16-18H2,1-5H3,(H,28,31)/t19-,20-,25-/m1/s1. The minimum absolute atomic E-state index is 0.0736. The third-order valence-corrected chi connectivity index (χ3v) is 6.47. The first kappa shape index (κ1) is 25.7. The minimum atomic E-state index is -0.132. The average molecular weight is 468 g/mol. The summed E-state index contributed by atoms with van der Waals surface area (Å²) in [7, 11) is 3.49. The van der Waals surface area contributed by atoms with Crippen molar-refractivity contribution >= 4 is 17.5 Å². The normalized spacial score (nSPS) is 22.2. The number of hydrogen-bond donors (Lipinski definition) is 1.